The first-order valence-corrected chi connectivity index (χ1v) is 11.6. The summed E-state index contributed by atoms with van der Waals surface area (Å²) >= 11 is -1.15. The Morgan fingerprint density at radius 3 is 2.86 bits per heavy atom. The number of hydrogen-bond acceptors (Lipinski definition) is 5. The van der Waals surface area contributed by atoms with E-state index in [4.69, 9.17) is 9.84 Å². The normalized spacial score (nSPS) is 23.2. The van der Waals surface area contributed by atoms with Crippen molar-refractivity contribution in [1.29, 1.82) is 0 Å². The number of nitrogens with zero attached hydrogens (tertiary/aromatic N) is 3. The summed E-state index contributed by atoms with van der Waals surface area (Å²) in [5.74, 6) is 0.868. The summed E-state index contributed by atoms with van der Waals surface area (Å²) < 4.78 is 20.8. The average Bonchev–Trinajstić information content (AvgIpc) is 3.15. The molecule has 1 saturated heterocycles. The number of carbonyl (C=O) groups is 1. The molecule has 0 radical (unpaired) electrons. The minimum Gasteiger partial charge on any atom is -0.592 e. The van der Waals surface area contributed by atoms with E-state index in [0.717, 1.165) is 44.3 Å². The molecule has 162 valence electrons. The third-order valence-electron chi connectivity index (χ3n) is 5.56. The van der Waals surface area contributed by atoms with Gasteiger partial charge in [0.1, 0.15) is 4.75 Å². The molecule has 1 aromatic heterocycles. The number of aromatic nitrogens is 1. The highest BCUT2D eigenvalue weighted by atomic mass is 32.2. The van der Waals surface area contributed by atoms with Crippen molar-refractivity contribution in [3.05, 3.63) is 23.9 Å². The van der Waals surface area contributed by atoms with E-state index in [-0.39, 0.29) is 16.9 Å². The smallest absolute Gasteiger partial charge is 0.407 e. The molecule has 3 heterocycles. The minimum atomic E-state index is -1.15. The van der Waals surface area contributed by atoms with Gasteiger partial charge in [-0.05, 0) is 70.9 Å². The van der Waals surface area contributed by atoms with Gasteiger partial charge in [-0.1, -0.05) is 6.07 Å². The Morgan fingerprint density at radius 1 is 1.38 bits per heavy atom. The fraction of sp³-hybridized carbons (Fsp3) is 0.714. The molecule has 8 heteroatoms. The molecule has 0 bridgehead atoms. The fourth-order valence-electron chi connectivity index (χ4n) is 3.98. The van der Waals surface area contributed by atoms with Gasteiger partial charge in [0.2, 0.25) is 0 Å². The van der Waals surface area contributed by atoms with Crippen molar-refractivity contribution < 1.29 is 19.2 Å². The lowest BCUT2D eigenvalue weighted by atomic mass is 9.97. The summed E-state index contributed by atoms with van der Waals surface area (Å²) in [6.45, 7) is 7.69. The van der Waals surface area contributed by atoms with Gasteiger partial charge in [0.05, 0.1) is 30.1 Å². The third-order valence-corrected chi connectivity index (χ3v) is 7.43. The zero-order valence-electron chi connectivity index (χ0n) is 17.7. The largest absolute Gasteiger partial charge is 0.592 e. The van der Waals surface area contributed by atoms with Crippen molar-refractivity contribution in [3.8, 4) is 0 Å². The maximum atomic E-state index is 13.3. The standard InChI is InChI=1S/C21H33N3O4S/c1-21(2,3)29(27)24-17(10-9-16-7-6-12-22-19(16)24)8-4-5-14-28-18-11-13-23(15-18)20(25)26/h6-7,12,17-18H,4-5,8-11,13-15H2,1-3H3,(H,25,26)/t17?,18-,29-/m1/s1. The van der Waals surface area contributed by atoms with Crippen molar-refractivity contribution in [2.24, 2.45) is 0 Å². The molecule has 1 N–H and O–H groups in total. The van der Waals surface area contributed by atoms with Crippen LogP contribution in [0.2, 0.25) is 0 Å². The zero-order valence-corrected chi connectivity index (χ0v) is 18.5. The molecule has 1 unspecified atom stereocenters. The van der Waals surface area contributed by atoms with Crippen LogP contribution in [0.15, 0.2) is 18.3 Å². The van der Waals surface area contributed by atoms with Crippen molar-refractivity contribution in [3.63, 3.8) is 0 Å². The Kier molecular flexibility index (Phi) is 7.29. The van der Waals surface area contributed by atoms with Crippen LogP contribution < -0.4 is 4.31 Å². The number of ether oxygens (including phenoxy) is 1. The predicted molar refractivity (Wildman–Crippen MR) is 115 cm³/mol. The second-order valence-electron chi connectivity index (χ2n) is 8.87. The summed E-state index contributed by atoms with van der Waals surface area (Å²) in [5, 5.41) is 9.02. The number of likely N-dealkylation sites (tertiary alicyclic amines) is 1. The number of unbranched alkanes of at least 4 members (excludes halogenated alkanes) is 1. The molecule has 0 aliphatic carbocycles. The van der Waals surface area contributed by atoms with Gasteiger partial charge in [-0.15, -0.1) is 0 Å². The zero-order chi connectivity index (χ0) is 21.0. The summed E-state index contributed by atoms with van der Waals surface area (Å²) in [6, 6.07) is 4.25. The van der Waals surface area contributed by atoms with Gasteiger partial charge in [0.15, 0.2) is 5.82 Å². The summed E-state index contributed by atoms with van der Waals surface area (Å²) in [7, 11) is 0. The Balaban J connectivity index is 1.51. The number of hydrogen-bond donors (Lipinski definition) is 1. The van der Waals surface area contributed by atoms with Gasteiger partial charge in [0.25, 0.3) is 0 Å². The monoisotopic (exact) mass is 423 g/mol. The highest BCUT2D eigenvalue weighted by Gasteiger charge is 2.41. The maximum absolute atomic E-state index is 13.3. The van der Waals surface area contributed by atoms with Gasteiger partial charge >= 0.3 is 6.09 Å². The SMILES string of the molecule is CC(C)(C)[S@@+]([O-])N1c2ncccc2CCC1CCCCO[C@@H]1CCN(C(=O)O)C1. The lowest BCUT2D eigenvalue weighted by Crippen LogP contribution is -2.51. The number of rotatable bonds is 7. The molecule has 0 spiro atoms. The Labute approximate surface area is 176 Å². The van der Waals surface area contributed by atoms with Crippen LogP contribution in [0.25, 0.3) is 0 Å². The van der Waals surface area contributed by atoms with Crippen molar-refractivity contribution >= 4 is 23.3 Å². The van der Waals surface area contributed by atoms with Crippen LogP contribution in [0.5, 0.6) is 0 Å². The highest BCUT2D eigenvalue weighted by molar-refractivity contribution is 7.94. The number of aryl methyl sites for hydroxylation is 1. The van der Waals surface area contributed by atoms with Crippen LogP contribution in [0.4, 0.5) is 10.6 Å². The van der Waals surface area contributed by atoms with Crippen LogP contribution in [0.1, 0.15) is 58.4 Å². The van der Waals surface area contributed by atoms with Gasteiger partial charge in [0, 0.05) is 19.3 Å². The maximum Gasteiger partial charge on any atom is 0.407 e. The first-order valence-electron chi connectivity index (χ1n) is 10.5. The fourth-order valence-corrected chi connectivity index (χ4v) is 5.37. The highest BCUT2D eigenvalue weighted by Crippen LogP contribution is 2.36. The summed E-state index contributed by atoms with van der Waals surface area (Å²) in [6.07, 6.45) is 6.51. The molecular formula is C21H33N3O4S. The molecule has 7 nitrogen and oxygen atoms in total. The summed E-state index contributed by atoms with van der Waals surface area (Å²) in [4.78, 5) is 17.0. The van der Waals surface area contributed by atoms with Gasteiger partial charge < -0.3 is 19.3 Å². The quantitative estimate of drug-likeness (QED) is 0.532. The van der Waals surface area contributed by atoms with E-state index < -0.39 is 17.5 Å². The molecule has 2 aliphatic rings. The topological polar surface area (TPSA) is 89.0 Å². The third kappa shape index (κ3) is 5.55. The lowest BCUT2D eigenvalue weighted by molar-refractivity contribution is 0.0558. The molecule has 3 atom stereocenters. The molecule has 0 saturated carbocycles. The van der Waals surface area contributed by atoms with Crippen LogP contribution in [0, 0.1) is 0 Å². The Morgan fingerprint density at radius 2 is 2.17 bits per heavy atom. The van der Waals surface area contributed by atoms with Crippen LogP contribution >= 0.6 is 0 Å². The van der Waals surface area contributed by atoms with E-state index >= 15 is 0 Å². The Hall–Kier alpha value is -1.51. The van der Waals surface area contributed by atoms with Crippen LogP contribution in [-0.4, -0.2) is 62.2 Å². The van der Waals surface area contributed by atoms with E-state index in [1.54, 1.807) is 6.20 Å². The molecule has 0 aromatic carbocycles. The Bertz CT molecular complexity index is 697. The number of anilines is 1. The summed E-state index contributed by atoms with van der Waals surface area (Å²) in [5.41, 5.74) is 1.17. The lowest BCUT2D eigenvalue weighted by Gasteiger charge is -2.41. The molecule has 1 aromatic rings. The molecule has 2 aliphatic heterocycles. The number of fused-ring (bicyclic) bond motifs is 1. The van der Waals surface area contributed by atoms with Gasteiger partial charge in [-0.3, -0.25) is 0 Å². The van der Waals surface area contributed by atoms with Crippen molar-refractivity contribution in [1.82, 2.24) is 9.88 Å². The number of amides is 1. The van der Waals surface area contributed by atoms with Gasteiger partial charge in [-0.25, -0.2) is 9.78 Å². The minimum absolute atomic E-state index is 0.0155. The van der Waals surface area contributed by atoms with Crippen molar-refractivity contribution in [2.75, 3.05) is 24.0 Å². The molecule has 1 amide bonds. The van der Waals surface area contributed by atoms with E-state index in [2.05, 4.69) is 11.1 Å². The van der Waals surface area contributed by atoms with E-state index in [1.165, 1.54) is 10.5 Å². The predicted octanol–water partition coefficient (Wildman–Crippen LogP) is 3.60. The first kappa shape index (κ1) is 22.2. The first-order chi connectivity index (χ1) is 13.8. The van der Waals surface area contributed by atoms with E-state index in [1.807, 2.05) is 31.1 Å². The van der Waals surface area contributed by atoms with Crippen molar-refractivity contribution in [2.45, 2.75) is 76.2 Å². The molecular weight excluding hydrogens is 390 g/mol. The van der Waals surface area contributed by atoms with Gasteiger partial charge in [-0.2, -0.15) is 4.31 Å². The van der Waals surface area contributed by atoms with Crippen LogP contribution in [-0.2, 0) is 22.5 Å². The van der Waals surface area contributed by atoms with E-state index in [9.17, 15) is 9.35 Å². The van der Waals surface area contributed by atoms with E-state index in [0.29, 0.717) is 19.7 Å². The number of carboxylic acid groups (broad SMARTS) is 1. The second-order valence-corrected chi connectivity index (χ2v) is 11.0. The van der Waals surface area contributed by atoms with Crippen LogP contribution in [0.3, 0.4) is 0 Å². The number of pyridine rings is 1. The second kappa shape index (κ2) is 9.53. The molecule has 29 heavy (non-hydrogen) atoms. The molecule has 3 rings (SSSR count). The average molecular weight is 424 g/mol. The molecule has 1 fully saturated rings.